The Bertz CT molecular complexity index is 1230. The van der Waals surface area contributed by atoms with Gasteiger partial charge in [-0.2, -0.15) is 4.98 Å². The summed E-state index contributed by atoms with van der Waals surface area (Å²) in [6, 6.07) is 4.04. The highest BCUT2D eigenvalue weighted by molar-refractivity contribution is 7.52. The van der Waals surface area contributed by atoms with Crippen LogP contribution in [0, 0.1) is 5.82 Å². The van der Waals surface area contributed by atoms with Gasteiger partial charge >= 0.3 is 7.60 Å². The number of nitrogens with zero attached hydrogens (tertiary/aromatic N) is 4. The van der Waals surface area contributed by atoms with Gasteiger partial charge in [0.05, 0.1) is 23.3 Å². The zero-order chi connectivity index (χ0) is 24.8. The van der Waals surface area contributed by atoms with Crippen molar-refractivity contribution in [1.29, 1.82) is 0 Å². The first-order valence-electron chi connectivity index (χ1n) is 10.0. The number of anilines is 1. The van der Waals surface area contributed by atoms with Gasteiger partial charge in [0.1, 0.15) is 35.6 Å². The lowest BCUT2D eigenvalue weighted by atomic mass is 10.1. The molecule has 0 bridgehead atoms. The third-order valence-corrected chi connectivity index (χ3v) is 6.83. The van der Waals surface area contributed by atoms with Gasteiger partial charge < -0.3 is 39.4 Å². The van der Waals surface area contributed by atoms with E-state index < -0.39 is 43.8 Å². The molecule has 0 saturated carbocycles. The van der Waals surface area contributed by atoms with E-state index in [1.54, 1.807) is 13.0 Å². The summed E-state index contributed by atoms with van der Waals surface area (Å²) in [6.07, 6.45) is -3.38. The molecule has 0 aromatic carbocycles. The van der Waals surface area contributed by atoms with Crippen LogP contribution in [0.4, 0.5) is 10.2 Å². The van der Waals surface area contributed by atoms with Gasteiger partial charge in [-0.05, 0) is 36.7 Å². The van der Waals surface area contributed by atoms with E-state index >= 15 is 0 Å². The van der Waals surface area contributed by atoms with E-state index in [2.05, 4.69) is 20.3 Å². The highest BCUT2D eigenvalue weighted by Crippen LogP contribution is 2.48. The molecule has 1 fully saturated rings. The number of hydrogen-bond donors (Lipinski definition) is 5. The number of fused-ring (bicyclic) bond motifs is 1. The molecular formula is C19H22ClFN5O7P. The summed E-state index contributed by atoms with van der Waals surface area (Å²) in [5.41, 5.74) is 0.774. The largest absolute Gasteiger partial charge is 0.387 e. The minimum Gasteiger partial charge on any atom is -0.387 e. The number of nitrogens with one attached hydrogen (secondary N) is 1. The van der Waals surface area contributed by atoms with Gasteiger partial charge in [-0.3, -0.25) is 9.55 Å². The molecule has 4 rings (SSSR count). The van der Waals surface area contributed by atoms with E-state index in [0.29, 0.717) is 16.9 Å². The maximum Gasteiger partial charge on any atom is 0.356 e. The highest BCUT2D eigenvalue weighted by Gasteiger charge is 2.52. The average molecular weight is 518 g/mol. The predicted molar refractivity (Wildman–Crippen MR) is 118 cm³/mol. The van der Waals surface area contributed by atoms with Gasteiger partial charge in [0.2, 0.25) is 5.28 Å². The lowest BCUT2D eigenvalue weighted by Gasteiger charge is -2.24. The van der Waals surface area contributed by atoms with Crippen LogP contribution in [0.3, 0.4) is 0 Å². The van der Waals surface area contributed by atoms with E-state index in [4.69, 9.17) is 21.1 Å². The van der Waals surface area contributed by atoms with Gasteiger partial charge in [-0.25, -0.2) is 9.37 Å². The standard InChI is InChI=1S/C19H22ClFN5O7P/c1-8(11-4-3-9(21)7-22-11)23-15-10-5-6-26(16(10)25-19(20)24-15)17-13(28)12(27)14(33-17)18(32-2)34(29,30)31/h3-8,12-14,17-18,27-28H,1-2H3,(H,23,24,25)(H2,29,30,31)/t8-,12-,13+,14+,17+,18?/m0/s1. The lowest BCUT2D eigenvalue weighted by Crippen LogP contribution is -2.39. The molecule has 0 aliphatic carbocycles. The summed E-state index contributed by atoms with van der Waals surface area (Å²) in [6.45, 7) is 1.79. The summed E-state index contributed by atoms with van der Waals surface area (Å²) in [5, 5.41) is 24.5. The van der Waals surface area contributed by atoms with Crippen molar-refractivity contribution in [2.45, 2.75) is 43.4 Å². The Labute approximate surface area is 197 Å². The second-order valence-electron chi connectivity index (χ2n) is 7.76. The van der Waals surface area contributed by atoms with Gasteiger partial charge in [0.25, 0.3) is 0 Å². The van der Waals surface area contributed by atoms with Crippen LogP contribution in [0.1, 0.15) is 24.9 Å². The van der Waals surface area contributed by atoms with Gasteiger partial charge in [-0.1, -0.05) is 0 Å². The average Bonchev–Trinajstić information content (AvgIpc) is 3.30. The van der Waals surface area contributed by atoms with Crippen LogP contribution in [-0.4, -0.2) is 70.8 Å². The second kappa shape index (κ2) is 9.44. The van der Waals surface area contributed by atoms with Gasteiger partial charge in [0.15, 0.2) is 12.1 Å². The molecule has 0 spiro atoms. The molecule has 1 unspecified atom stereocenters. The predicted octanol–water partition coefficient (Wildman–Crippen LogP) is 1.56. The van der Waals surface area contributed by atoms with Crippen LogP contribution >= 0.6 is 19.2 Å². The number of methoxy groups -OCH3 is 1. The van der Waals surface area contributed by atoms with Crippen molar-refractivity contribution < 1.29 is 38.4 Å². The Morgan fingerprint density at radius 2 is 2.00 bits per heavy atom. The summed E-state index contributed by atoms with van der Waals surface area (Å²) < 4.78 is 36.8. The third-order valence-electron chi connectivity index (χ3n) is 5.50. The fourth-order valence-electron chi connectivity index (χ4n) is 3.86. The molecule has 3 aromatic heterocycles. The zero-order valence-corrected chi connectivity index (χ0v) is 19.5. The van der Waals surface area contributed by atoms with E-state index in [-0.39, 0.29) is 17.0 Å². The van der Waals surface area contributed by atoms with E-state index in [1.807, 2.05) is 0 Å². The van der Waals surface area contributed by atoms with Crippen molar-refractivity contribution in [2.24, 2.45) is 0 Å². The van der Waals surface area contributed by atoms with Crippen molar-refractivity contribution in [1.82, 2.24) is 19.5 Å². The van der Waals surface area contributed by atoms with Gasteiger partial charge in [-0.15, -0.1) is 0 Å². The number of aromatic nitrogens is 4. The van der Waals surface area contributed by atoms with E-state index in [9.17, 15) is 29.0 Å². The van der Waals surface area contributed by atoms with Crippen molar-refractivity contribution >= 4 is 36.0 Å². The van der Waals surface area contributed by atoms with Crippen LogP contribution in [0.5, 0.6) is 0 Å². The van der Waals surface area contributed by atoms with Crippen molar-refractivity contribution in [3.8, 4) is 0 Å². The highest BCUT2D eigenvalue weighted by atomic mass is 35.5. The number of hydrogen-bond acceptors (Lipinski definition) is 9. The summed E-state index contributed by atoms with van der Waals surface area (Å²) in [5.74, 6) is -1.93. The van der Waals surface area contributed by atoms with E-state index in [1.165, 1.54) is 22.9 Å². The van der Waals surface area contributed by atoms with Crippen LogP contribution in [0.25, 0.3) is 11.0 Å². The normalized spacial score (nSPS) is 24.9. The SMILES string of the molecule is COC([C@@H]1O[C@@H](n2ccc3c(N[C@@H](C)c4ccc(F)cn4)nc(Cl)nc32)[C@H](O)[C@@H]1O)P(=O)(O)O. The number of ether oxygens (including phenoxy) is 2. The van der Waals surface area contributed by atoms with Crippen LogP contribution in [-0.2, 0) is 14.0 Å². The summed E-state index contributed by atoms with van der Waals surface area (Å²) in [4.78, 5) is 31.5. The Morgan fingerprint density at radius 1 is 1.26 bits per heavy atom. The minimum atomic E-state index is -4.82. The molecule has 3 aromatic rings. The Kier molecular flexibility index (Phi) is 6.91. The molecule has 15 heteroatoms. The molecule has 0 radical (unpaired) electrons. The fourth-order valence-corrected chi connectivity index (χ4v) is 4.93. The number of halogens is 2. The topological polar surface area (TPSA) is 172 Å². The second-order valence-corrected chi connectivity index (χ2v) is 9.78. The Hall–Kier alpha value is -2.22. The molecule has 1 aliphatic rings. The molecule has 1 saturated heterocycles. The van der Waals surface area contributed by atoms with E-state index in [0.717, 1.165) is 13.3 Å². The maximum atomic E-state index is 13.2. The van der Waals surface area contributed by atoms with Gasteiger partial charge in [0, 0.05) is 13.3 Å². The molecule has 34 heavy (non-hydrogen) atoms. The van der Waals surface area contributed by atoms with Crippen LogP contribution in [0.2, 0.25) is 5.28 Å². The van der Waals surface area contributed by atoms with Crippen molar-refractivity contribution in [3.05, 3.63) is 47.4 Å². The third kappa shape index (κ3) is 4.66. The molecule has 12 nitrogen and oxygen atoms in total. The van der Waals surface area contributed by atoms with Crippen LogP contribution in [0.15, 0.2) is 30.6 Å². The summed E-state index contributed by atoms with van der Waals surface area (Å²) >= 11 is 6.12. The lowest BCUT2D eigenvalue weighted by molar-refractivity contribution is -0.0759. The number of aliphatic hydroxyl groups is 2. The smallest absolute Gasteiger partial charge is 0.356 e. The quantitative estimate of drug-likeness (QED) is 0.227. The molecule has 184 valence electrons. The minimum absolute atomic E-state index is 0.135. The first-order valence-corrected chi connectivity index (χ1v) is 12.1. The number of rotatable bonds is 7. The maximum absolute atomic E-state index is 13.2. The Balaban J connectivity index is 1.67. The Morgan fingerprint density at radius 3 is 2.62 bits per heavy atom. The number of pyridine rings is 1. The van der Waals surface area contributed by atoms with Crippen molar-refractivity contribution in [3.63, 3.8) is 0 Å². The molecule has 1 aliphatic heterocycles. The fraction of sp³-hybridized carbons (Fsp3) is 0.421. The van der Waals surface area contributed by atoms with Crippen LogP contribution < -0.4 is 5.32 Å². The first-order chi connectivity index (χ1) is 16.0. The molecule has 5 N–H and O–H groups in total. The molecule has 6 atom stereocenters. The molecule has 4 heterocycles. The summed E-state index contributed by atoms with van der Waals surface area (Å²) in [7, 11) is -3.76. The monoisotopic (exact) mass is 517 g/mol. The molecular weight excluding hydrogens is 496 g/mol. The van der Waals surface area contributed by atoms with Crippen molar-refractivity contribution in [2.75, 3.05) is 12.4 Å². The number of aliphatic hydroxyl groups excluding tert-OH is 2. The first kappa shape index (κ1) is 24.9. The molecule has 0 amide bonds. The zero-order valence-electron chi connectivity index (χ0n) is 17.9.